The number of aliphatic carboxylic acids is 1. The highest BCUT2D eigenvalue weighted by Gasteiger charge is 2.21. The Morgan fingerprint density at radius 1 is 1.23 bits per heavy atom. The molecule has 26 heavy (non-hydrogen) atoms. The summed E-state index contributed by atoms with van der Waals surface area (Å²) in [5.74, 6) is -1.44. The van der Waals surface area contributed by atoms with E-state index in [1.807, 2.05) is 44.2 Å². The maximum absolute atomic E-state index is 12.9. The molecular weight excluding hydrogens is 332 g/mol. The lowest BCUT2D eigenvalue weighted by Gasteiger charge is -2.16. The number of carboxylic acid groups (broad SMARTS) is 1. The van der Waals surface area contributed by atoms with Crippen LogP contribution in [0.3, 0.4) is 0 Å². The van der Waals surface area contributed by atoms with Gasteiger partial charge in [0.25, 0.3) is 5.91 Å². The molecule has 0 atom stereocenters. The number of carbonyl (C=O) groups excluding carboxylic acids is 1. The summed E-state index contributed by atoms with van der Waals surface area (Å²) >= 11 is 0. The van der Waals surface area contributed by atoms with Crippen LogP contribution in [0.5, 0.6) is 0 Å². The van der Waals surface area contributed by atoms with E-state index in [9.17, 15) is 9.59 Å². The highest BCUT2D eigenvalue weighted by atomic mass is 16.4. The van der Waals surface area contributed by atoms with Gasteiger partial charge in [-0.2, -0.15) is 5.10 Å². The lowest BCUT2D eigenvalue weighted by atomic mass is 10.1. The Bertz CT molecular complexity index is 964. The van der Waals surface area contributed by atoms with Crippen LogP contribution in [-0.4, -0.2) is 50.2 Å². The fourth-order valence-corrected chi connectivity index (χ4v) is 2.81. The van der Waals surface area contributed by atoms with Crippen LogP contribution in [0.15, 0.2) is 42.6 Å². The zero-order valence-electron chi connectivity index (χ0n) is 14.9. The first-order chi connectivity index (χ1) is 12.4. The summed E-state index contributed by atoms with van der Waals surface area (Å²) in [6, 6.07) is 11.3. The average Bonchev–Trinajstić information content (AvgIpc) is 3.04. The minimum atomic E-state index is -1.06. The van der Waals surface area contributed by atoms with Crippen LogP contribution in [-0.2, 0) is 4.79 Å². The number of hydrogen-bond acceptors (Lipinski definition) is 4. The predicted molar refractivity (Wildman–Crippen MR) is 97.9 cm³/mol. The van der Waals surface area contributed by atoms with E-state index >= 15 is 0 Å². The lowest BCUT2D eigenvalue weighted by molar-refractivity contribution is -0.137. The molecule has 0 spiro atoms. The number of benzene rings is 1. The molecule has 0 radical (unpaired) electrons. The van der Waals surface area contributed by atoms with Gasteiger partial charge in [0, 0.05) is 18.7 Å². The van der Waals surface area contributed by atoms with Crippen molar-refractivity contribution in [1.29, 1.82) is 0 Å². The molecule has 7 nitrogen and oxygen atoms in total. The highest BCUT2D eigenvalue weighted by molar-refractivity contribution is 6.07. The zero-order chi connectivity index (χ0) is 18.8. The Kier molecular flexibility index (Phi) is 4.71. The number of amides is 1. The van der Waals surface area contributed by atoms with Gasteiger partial charge in [-0.15, -0.1) is 0 Å². The fourth-order valence-electron chi connectivity index (χ4n) is 2.81. The van der Waals surface area contributed by atoms with Crippen molar-refractivity contribution < 1.29 is 14.7 Å². The SMILES string of the molecule is CC(C)n1ncc2c(C(=O)N(C)CC(=O)O)cc(-c3ccccc3)nc21. The van der Waals surface area contributed by atoms with E-state index in [2.05, 4.69) is 5.10 Å². The summed E-state index contributed by atoms with van der Waals surface area (Å²) in [7, 11) is 1.47. The summed E-state index contributed by atoms with van der Waals surface area (Å²) in [5, 5.41) is 14.0. The third-order valence-electron chi connectivity index (χ3n) is 4.07. The van der Waals surface area contributed by atoms with E-state index < -0.39 is 5.97 Å². The van der Waals surface area contributed by atoms with Gasteiger partial charge in [0.2, 0.25) is 0 Å². The molecule has 3 rings (SSSR count). The lowest BCUT2D eigenvalue weighted by Crippen LogP contribution is -2.32. The molecule has 0 aliphatic heterocycles. The van der Waals surface area contributed by atoms with Crippen molar-refractivity contribution in [1.82, 2.24) is 19.7 Å². The smallest absolute Gasteiger partial charge is 0.323 e. The number of carbonyl (C=O) groups is 2. The predicted octanol–water partition coefficient (Wildman–Crippen LogP) is 2.84. The van der Waals surface area contributed by atoms with E-state index in [1.54, 1.807) is 16.9 Å². The zero-order valence-corrected chi connectivity index (χ0v) is 14.9. The monoisotopic (exact) mass is 352 g/mol. The Morgan fingerprint density at radius 3 is 2.54 bits per heavy atom. The minimum Gasteiger partial charge on any atom is -0.480 e. The number of likely N-dealkylation sites (N-methyl/N-ethyl adjacent to an activating group) is 1. The molecule has 0 aliphatic carbocycles. The van der Waals surface area contributed by atoms with Gasteiger partial charge in [0.1, 0.15) is 6.54 Å². The first-order valence-electron chi connectivity index (χ1n) is 8.29. The normalized spacial score (nSPS) is 11.1. The van der Waals surface area contributed by atoms with Crippen molar-refractivity contribution in [2.45, 2.75) is 19.9 Å². The topological polar surface area (TPSA) is 88.3 Å². The number of nitrogens with zero attached hydrogens (tertiary/aromatic N) is 4. The van der Waals surface area contributed by atoms with Crippen molar-refractivity contribution in [2.24, 2.45) is 0 Å². The second-order valence-electron chi connectivity index (χ2n) is 6.40. The molecule has 1 aromatic carbocycles. The van der Waals surface area contributed by atoms with E-state index in [-0.39, 0.29) is 18.5 Å². The molecule has 7 heteroatoms. The van der Waals surface area contributed by atoms with Gasteiger partial charge in [0.15, 0.2) is 5.65 Å². The van der Waals surface area contributed by atoms with Crippen LogP contribution in [0.2, 0.25) is 0 Å². The van der Waals surface area contributed by atoms with Crippen molar-refractivity contribution in [3.63, 3.8) is 0 Å². The van der Waals surface area contributed by atoms with Gasteiger partial charge < -0.3 is 10.0 Å². The highest BCUT2D eigenvalue weighted by Crippen LogP contribution is 2.27. The third-order valence-corrected chi connectivity index (χ3v) is 4.07. The number of fused-ring (bicyclic) bond motifs is 1. The van der Waals surface area contributed by atoms with E-state index in [0.717, 1.165) is 5.56 Å². The average molecular weight is 352 g/mol. The summed E-state index contributed by atoms with van der Waals surface area (Å²) in [5.41, 5.74) is 2.52. The Balaban J connectivity index is 2.20. The first kappa shape index (κ1) is 17.6. The molecule has 2 aromatic heterocycles. The molecule has 0 saturated heterocycles. The molecule has 0 fully saturated rings. The molecule has 0 saturated carbocycles. The molecular formula is C19H20N4O3. The van der Waals surface area contributed by atoms with Crippen LogP contribution in [0, 0.1) is 0 Å². The molecule has 134 valence electrons. The van der Waals surface area contributed by atoms with Crippen LogP contribution < -0.4 is 0 Å². The quantitative estimate of drug-likeness (QED) is 0.763. The number of carboxylic acids is 1. The number of aromatic nitrogens is 3. The molecule has 1 amide bonds. The second-order valence-corrected chi connectivity index (χ2v) is 6.40. The van der Waals surface area contributed by atoms with E-state index in [1.165, 1.54) is 11.9 Å². The van der Waals surface area contributed by atoms with Gasteiger partial charge in [-0.05, 0) is 19.9 Å². The summed E-state index contributed by atoms with van der Waals surface area (Å²) in [4.78, 5) is 29.7. The molecule has 2 heterocycles. The summed E-state index contributed by atoms with van der Waals surface area (Å²) in [6.45, 7) is 3.60. The fraction of sp³-hybridized carbons (Fsp3) is 0.263. The van der Waals surface area contributed by atoms with E-state index in [4.69, 9.17) is 10.1 Å². The minimum absolute atomic E-state index is 0.0747. The van der Waals surface area contributed by atoms with Gasteiger partial charge in [-0.25, -0.2) is 9.67 Å². The maximum atomic E-state index is 12.9. The van der Waals surface area contributed by atoms with Gasteiger partial charge in [0.05, 0.1) is 22.8 Å². The molecule has 0 aliphatic rings. The van der Waals surface area contributed by atoms with Crippen molar-refractivity contribution in [3.8, 4) is 11.3 Å². The van der Waals surface area contributed by atoms with Crippen LogP contribution in [0.25, 0.3) is 22.3 Å². The Hall–Kier alpha value is -3.22. The van der Waals surface area contributed by atoms with Crippen LogP contribution in [0.4, 0.5) is 0 Å². The van der Waals surface area contributed by atoms with Crippen molar-refractivity contribution >= 4 is 22.9 Å². The van der Waals surface area contributed by atoms with Gasteiger partial charge in [-0.1, -0.05) is 30.3 Å². The first-order valence-corrected chi connectivity index (χ1v) is 8.29. The third kappa shape index (κ3) is 3.28. The standard InChI is InChI=1S/C19H20N4O3/c1-12(2)23-18-15(10-20-23)14(19(26)22(3)11-17(24)25)9-16(21-18)13-7-5-4-6-8-13/h4-10,12H,11H2,1-3H3,(H,24,25). The largest absolute Gasteiger partial charge is 0.480 e. The van der Waals surface area contributed by atoms with Crippen LogP contribution >= 0.6 is 0 Å². The summed E-state index contributed by atoms with van der Waals surface area (Å²) in [6.07, 6.45) is 1.61. The number of rotatable bonds is 5. The van der Waals surface area contributed by atoms with E-state index in [0.29, 0.717) is 22.3 Å². The molecule has 0 unspecified atom stereocenters. The van der Waals surface area contributed by atoms with Crippen molar-refractivity contribution in [2.75, 3.05) is 13.6 Å². The number of hydrogen-bond donors (Lipinski definition) is 1. The molecule has 1 N–H and O–H groups in total. The Morgan fingerprint density at radius 2 is 1.92 bits per heavy atom. The second kappa shape index (κ2) is 6.95. The molecule has 3 aromatic rings. The van der Waals surface area contributed by atoms with Gasteiger partial charge in [-0.3, -0.25) is 9.59 Å². The van der Waals surface area contributed by atoms with Crippen LogP contribution in [0.1, 0.15) is 30.2 Å². The molecule has 0 bridgehead atoms. The Labute approximate surface area is 150 Å². The van der Waals surface area contributed by atoms with Crippen molar-refractivity contribution in [3.05, 3.63) is 48.2 Å². The maximum Gasteiger partial charge on any atom is 0.323 e. The number of pyridine rings is 1. The summed E-state index contributed by atoms with van der Waals surface area (Å²) < 4.78 is 1.76. The van der Waals surface area contributed by atoms with Gasteiger partial charge >= 0.3 is 5.97 Å².